The average Bonchev–Trinajstić information content (AvgIpc) is 3.53. The van der Waals surface area contributed by atoms with E-state index in [1.807, 2.05) is 30.6 Å². The maximum atomic E-state index is 6.44. The largest absolute Gasteiger partial charge is 0.490 e. The van der Waals surface area contributed by atoms with Crippen molar-refractivity contribution in [2.24, 2.45) is 0 Å². The van der Waals surface area contributed by atoms with Gasteiger partial charge in [-0.05, 0) is 73.6 Å². The molecule has 0 radical (unpaired) electrons. The third kappa shape index (κ3) is 3.94. The normalized spacial score (nSPS) is 17.4. The van der Waals surface area contributed by atoms with E-state index < -0.39 is 0 Å². The summed E-state index contributed by atoms with van der Waals surface area (Å²) in [4.78, 5) is 4.41. The van der Waals surface area contributed by atoms with Crippen molar-refractivity contribution in [2.75, 3.05) is 0 Å². The molecule has 0 amide bonds. The second-order valence-electron chi connectivity index (χ2n) is 8.11. The van der Waals surface area contributed by atoms with Gasteiger partial charge in [0.15, 0.2) is 0 Å². The molecule has 5 rings (SSSR count). The number of hydrogen-bond acceptors (Lipinski definition) is 3. The van der Waals surface area contributed by atoms with Gasteiger partial charge in [0.05, 0.1) is 18.3 Å². The lowest BCUT2D eigenvalue weighted by Crippen LogP contribution is -2.24. The standard InChI is InChI=1S/C25H23Cl2NO2/c26-18-8-9-23(27)17(14-18)16-29-25(11-12-25)22-15-28-13-10-20(22)21-6-1-2-7-24(21)30-19-4-3-5-19/h1-2,6-10,13-15,19H,3-5,11-12,16H2. The first-order valence-electron chi connectivity index (χ1n) is 10.4. The van der Waals surface area contributed by atoms with Crippen LogP contribution in [-0.4, -0.2) is 11.1 Å². The van der Waals surface area contributed by atoms with Crippen molar-refractivity contribution >= 4 is 23.2 Å². The summed E-state index contributed by atoms with van der Waals surface area (Å²) in [5, 5.41) is 1.33. The SMILES string of the molecule is Clc1ccc(Cl)c(COC2(c3cnccc3-c3ccccc3OC3CCC3)CC2)c1. The Balaban J connectivity index is 1.45. The maximum absolute atomic E-state index is 6.44. The van der Waals surface area contributed by atoms with Gasteiger partial charge < -0.3 is 9.47 Å². The van der Waals surface area contributed by atoms with E-state index in [4.69, 9.17) is 32.7 Å². The van der Waals surface area contributed by atoms with Crippen molar-refractivity contribution < 1.29 is 9.47 Å². The molecule has 5 heteroatoms. The first-order chi connectivity index (χ1) is 14.6. The van der Waals surface area contributed by atoms with Gasteiger partial charge >= 0.3 is 0 Å². The molecular weight excluding hydrogens is 417 g/mol. The van der Waals surface area contributed by atoms with Crippen LogP contribution in [0.4, 0.5) is 0 Å². The predicted molar refractivity (Wildman–Crippen MR) is 120 cm³/mol. The highest BCUT2D eigenvalue weighted by Crippen LogP contribution is 2.53. The quantitative estimate of drug-likeness (QED) is 0.390. The summed E-state index contributed by atoms with van der Waals surface area (Å²) in [6, 6.07) is 15.8. The van der Waals surface area contributed by atoms with Crippen molar-refractivity contribution in [1.82, 2.24) is 4.98 Å². The van der Waals surface area contributed by atoms with Gasteiger partial charge in [0, 0.05) is 33.6 Å². The van der Waals surface area contributed by atoms with Gasteiger partial charge in [-0.2, -0.15) is 0 Å². The first-order valence-corrected chi connectivity index (χ1v) is 11.2. The molecule has 3 nitrogen and oxygen atoms in total. The van der Waals surface area contributed by atoms with E-state index in [0.717, 1.165) is 53.7 Å². The van der Waals surface area contributed by atoms with Gasteiger partial charge in [-0.1, -0.05) is 41.4 Å². The molecule has 0 aliphatic heterocycles. The second-order valence-corrected chi connectivity index (χ2v) is 8.95. The van der Waals surface area contributed by atoms with E-state index in [9.17, 15) is 0 Å². The maximum Gasteiger partial charge on any atom is 0.127 e. The average molecular weight is 440 g/mol. The van der Waals surface area contributed by atoms with Gasteiger partial charge in [-0.25, -0.2) is 0 Å². The minimum atomic E-state index is -0.348. The first kappa shape index (κ1) is 19.9. The second kappa shape index (κ2) is 8.22. The van der Waals surface area contributed by atoms with E-state index in [-0.39, 0.29) is 5.60 Å². The number of aromatic nitrogens is 1. The Bertz CT molecular complexity index is 1060. The monoisotopic (exact) mass is 439 g/mol. The van der Waals surface area contributed by atoms with E-state index in [1.54, 1.807) is 6.07 Å². The number of para-hydroxylation sites is 1. The Morgan fingerprint density at radius 2 is 1.83 bits per heavy atom. The molecule has 2 fully saturated rings. The molecule has 0 saturated heterocycles. The summed E-state index contributed by atoms with van der Waals surface area (Å²) >= 11 is 12.5. The van der Waals surface area contributed by atoms with Crippen molar-refractivity contribution in [3.05, 3.63) is 82.1 Å². The molecule has 2 aromatic carbocycles. The summed E-state index contributed by atoms with van der Waals surface area (Å²) in [6.45, 7) is 0.411. The van der Waals surface area contributed by atoms with Crippen LogP contribution in [0.2, 0.25) is 10.0 Å². The lowest BCUT2D eigenvalue weighted by molar-refractivity contribution is 0.0174. The fraction of sp³-hybridized carbons (Fsp3) is 0.320. The molecule has 0 N–H and O–H groups in total. The summed E-state index contributed by atoms with van der Waals surface area (Å²) in [6.07, 6.45) is 9.51. The van der Waals surface area contributed by atoms with E-state index in [2.05, 4.69) is 29.2 Å². The third-order valence-electron chi connectivity index (χ3n) is 6.05. The molecule has 154 valence electrons. The van der Waals surface area contributed by atoms with Crippen LogP contribution >= 0.6 is 23.2 Å². The highest BCUT2D eigenvalue weighted by atomic mass is 35.5. The highest BCUT2D eigenvalue weighted by molar-refractivity contribution is 6.33. The van der Waals surface area contributed by atoms with E-state index >= 15 is 0 Å². The number of pyridine rings is 1. The Labute approximate surface area is 187 Å². The van der Waals surface area contributed by atoms with Crippen LogP contribution in [0.5, 0.6) is 5.75 Å². The summed E-state index contributed by atoms with van der Waals surface area (Å²) in [5.41, 5.74) is 3.87. The Morgan fingerprint density at radius 3 is 2.60 bits per heavy atom. The van der Waals surface area contributed by atoms with Gasteiger partial charge in [0.25, 0.3) is 0 Å². The number of nitrogens with zero attached hydrogens (tertiary/aromatic N) is 1. The Morgan fingerprint density at radius 1 is 1.00 bits per heavy atom. The van der Waals surface area contributed by atoms with Crippen LogP contribution < -0.4 is 4.74 Å². The molecule has 1 aromatic heterocycles. The zero-order valence-corrected chi connectivity index (χ0v) is 18.1. The van der Waals surface area contributed by atoms with Crippen molar-refractivity contribution in [3.63, 3.8) is 0 Å². The van der Waals surface area contributed by atoms with Gasteiger partial charge in [0.1, 0.15) is 5.75 Å². The van der Waals surface area contributed by atoms with Crippen molar-refractivity contribution in [1.29, 1.82) is 0 Å². The fourth-order valence-corrected chi connectivity index (χ4v) is 4.29. The Hall–Kier alpha value is -2.07. The van der Waals surface area contributed by atoms with E-state index in [1.165, 1.54) is 6.42 Å². The zero-order chi connectivity index (χ0) is 20.6. The molecule has 2 aliphatic carbocycles. The summed E-state index contributed by atoms with van der Waals surface area (Å²) in [7, 11) is 0. The number of halogens is 2. The topological polar surface area (TPSA) is 31.4 Å². The van der Waals surface area contributed by atoms with Gasteiger partial charge in [-0.15, -0.1) is 0 Å². The molecule has 2 aliphatic rings. The predicted octanol–water partition coefficient (Wildman–Crippen LogP) is 7.19. The highest BCUT2D eigenvalue weighted by Gasteiger charge is 2.47. The molecule has 3 aromatic rings. The van der Waals surface area contributed by atoms with Crippen LogP contribution in [0.1, 0.15) is 43.2 Å². The van der Waals surface area contributed by atoms with Crippen LogP contribution in [0, 0.1) is 0 Å². The van der Waals surface area contributed by atoms with Crippen molar-refractivity contribution in [3.8, 4) is 16.9 Å². The number of hydrogen-bond donors (Lipinski definition) is 0. The molecule has 1 heterocycles. The van der Waals surface area contributed by atoms with Crippen molar-refractivity contribution in [2.45, 2.75) is 50.4 Å². The van der Waals surface area contributed by atoms with Gasteiger partial charge in [-0.3, -0.25) is 4.98 Å². The van der Waals surface area contributed by atoms with Crippen LogP contribution in [0.25, 0.3) is 11.1 Å². The number of benzene rings is 2. The summed E-state index contributed by atoms with van der Waals surface area (Å²) in [5.74, 6) is 0.934. The molecule has 0 atom stereocenters. The smallest absolute Gasteiger partial charge is 0.127 e. The minimum absolute atomic E-state index is 0.326. The van der Waals surface area contributed by atoms with Crippen LogP contribution in [0.3, 0.4) is 0 Å². The van der Waals surface area contributed by atoms with E-state index in [0.29, 0.717) is 22.8 Å². The third-order valence-corrected chi connectivity index (χ3v) is 6.65. The zero-order valence-electron chi connectivity index (χ0n) is 16.6. The fourth-order valence-electron chi connectivity index (χ4n) is 3.93. The van der Waals surface area contributed by atoms with Gasteiger partial charge in [0.2, 0.25) is 0 Å². The molecule has 0 spiro atoms. The molecule has 0 unspecified atom stereocenters. The molecule has 0 bridgehead atoms. The molecular formula is C25H23Cl2NO2. The molecule has 2 saturated carbocycles. The number of ether oxygens (including phenoxy) is 2. The number of rotatable bonds is 7. The summed E-state index contributed by atoms with van der Waals surface area (Å²) < 4.78 is 12.7. The minimum Gasteiger partial charge on any atom is -0.490 e. The lowest BCUT2D eigenvalue weighted by Gasteiger charge is -2.28. The lowest BCUT2D eigenvalue weighted by atomic mass is 9.94. The molecule has 30 heavy (non-hydrogen) atoms. The Kier molecular flexibility index (Phi) is 5.44. The van der Waals surface area contributed by atoms with Crippen LogP contribution in [-0.2, 0) is 16.9 Å². The van der Waals surface area contributed by atoms with Crippen LogP contribution in [0.15, 0.2) is 60.9 Å².